The monoisotopic (exact) mass is 215 g/mol. The Morgan fingerprint density at radius 1 is 1.57 bits per heavy atom. The molecule has 1 atom stereocenters. The van der Waals surface area contributed by atoms with Crippen molar-refractivity contribution in [1.29, 1.82) is 0 Å². The standard InChI is InChI=1S/C9H7ClFNO2/c10-5-1-2-6(7(11)3-5)8-4-14-9(13)12-8/h1-3,8H,4H2,(H,12,13). The summed E-state index contributed by atoms with van der Waals surface area (Å²) in [5.74, 6) is -0.437. The minimum absolute atomic E-state index is 0.150. The first-order valence-corrected chi connectivity index (χ1v) is 4.43. The molecule has 1 saturated heterocycles. The Balaban J connectivity index is 2.28. The number of amides is 1. The van der Waals surface area contributed by atoms with Crippen LogP contribution in [0.3, 0.4) is 0 Å². The molecule has 1 aliphatic rings. The van der Waals surface area contributed by atoms with E-state index in [9.17, 15) is 9.18 Å². The van der Waals surface area contributed by atoms with Crippen molar-refractivity contribution in [2.45, 2.75) is 6.04 Å². The van der Waals surface area contributed by atoms with Gasteiger partial charge in [-0.2, -0.15) is 0 Å². The Kier molecular flexibility index (Phi) is 2.29. The van der Waals surface area contributed by atoms with Crippen LogP contribution in [0, 0.1) is 5.82 Å². The highest BCUT2D eigenvalue weighted by molar-refractivity contribution is 6.30. The summed E-state index contributed by atoms with van der Waals surface area (Å²) in [4.78, 5) is 10.7. The van der Waals surface area contributed by atoms with Gasteiger partial charge in [0.1, 0.15) is 12.4 Å². The molecule has 2 rings (SSSR count). The number of ether oxygens (including phenoxy) is 1. The Bertz CT molecular complexity index is 383. The molecule has 0 saturated carbocycles. The molecule has 1 amide bonds. The first-order chi connectivity index (χ1) is 6.66. The summed E-state index contributed by atoms with van der Waals surface area (Å²) in [6, 6.07) is 3.91. The number of benzene rings is 1. The van der Waals surface area contributed by atoms with E-state index < -0.39 is 18.0 Å². The number of carbonyl (C=O) groups excluding carboxylic acids is 1. The number of hydrogen-bond donors (Lipinski definition) is 1. The van der Waals surface area contributed by atoms with Crippen LogP contribution in [0.4, 0.5) is 9.18 Å². The molecule has 1 N–H and O–H groups in total. The summed E-state index contributed by atoms with van der Waals surface area (Å²) in [6.07, 6.45) is -0.524. The minimum Gasteiger partial charge on any atom is -0.447 e. The van der Waals surface area contributed by atoms with Crippen LogP contribution in [0.15, 0.2) is 18.2 Å². The number of cyclic esters (lactones) is 1. The predicted octanol–water partition coefficient (Wildman–Crippen LogP) is 2.26. The van der Waals surface area contributed by atoms with E-state index in [-0.39, 0.29) is 6.61 Å². The lowest BCUT2D eigenvalue weighted by atomic mass is 10.1. The lowest BCUT2D eigenvalue weighted by Gasteiger charge is -2.08. The van der Waals surface area contributed by atoms with Crippen LogP contribution >= 0.6 is 11.6 Å². The number of alkyl carbamates (subject to hydrolysis) is 1. The molecule has 0 aliphatic carbocycles. The second-order valence-corrected chi connectivity index (χ2v) is 3.40. The van der Waals surface area contributed by atoms with Gasteiger partial charge in [-0.1, -0.05) is 17.7 Å². The third kappa shape index (κ3) is 1.65. The van der Waals surface area contributed by atoms with Crippen molar-refractivity contribution in [2.75, 3.05) is 6.61 Å². The van der Waals surface area contributed by atoms with E-state index in [1.54, 1.807) is 6.07 Å². The molecule has 1 unspecified atom stereocenters. The number of halogens is 2. The maximum Gasteiger partial charge on any atom is 0.407 e. The average molecular weight is 216 g/mol. The smallest absolute Gasteiger partial charge is 0.407 e. The van der Waals surface area contributed by atoms with Crippen molar-refractivity contribution >= 4 is 17.7 Å². The summed E-state index contributed by atoms with van der Waals surface area (Å²) >= 11 is 5.59. The molecule has 1 fully saturated rings. The van der Waals surface area contributed by atoms with Crippen LogP contribution in [0.1, 0.15) is 11.6 Å². The topological polar surface area (TPSA) is 38.3 Å². The summed E-state index contributed by atoms with van der Waals surface area (Å²) in [7, 11) is 0. The molecule has 0 aromatic heterocycles. The maximum absolute atomic E-state index is 13.3. The van der Waals surface area contributed by atoms with Gasteiger partial charge >= 0.3 is 6.09 Å². The molecule has 1 aliphatic heterocycles. The Hall–Kier alpha value is -1.29. The molecule has 1 aromatic carbocycles. The third-order valence-electron chi connectivity index (χ3n) is 2.01. The molecule has 74 valence electrons. The first kappa shape index (κ1) is 9.27. The minimum atomic E-state index is -0.524. The zero-order valence-electron chi connectivity index (χ0n) is 7.09. The SMILES string of the molecule is O=C1NC(c2ccc(Cl)cc2F)CO1. The number of rotatable bonds is 1. The van der Waals surface area contributed by atoms with E-state index in [2.05, 4.69) is 10.1 Å². The lowest BCUT2D eigenvalue weighted by molar-refractivity contribution is 0.177. The number of hydrogen-bond acceptors (Lipinski definition) is 2. The van der Waals surface area contributed by atoms with Crippen LogP contribution in [-0.4, -0.2) is 12.7 Å². The Morgan fingerprint density at radius 2 is 2.36 bits per heavy atom. The lowest BCUT2D eigenvalue weighted by Crippen LogP contribution is -2.19. The quantitative estimate of drug-likeness (QED) is 0.781. The van der Waals surface area contributed by atoms with Crippen LogP contribution in [0.2, 0.25) is 5.02 Å². The van der Waals surface area contributed by atoms with Crippen molar-refractivity contribution in [3.05, 3.63) is 34.6 Å². The van der Waals surface area contributed by atoms with Gasteiger partial charge in [-0.15, -0.1) is 0 Å². The zero-order valence-corrected chi connectivity index (χ0v) is 7.84. The fourth-order valence-electron chi connectivity index (χ4n) is 1.34. The molecule has 14 heavy (non-hydrogen) atoms. The van der Waals surface area contributed by atoms with Gasteiger partial charge in [0.25, 0.3) is 0 Å². The molecule has 1 heterocycles. The van der Waals surface area contributed by atoms with Gasteiger partial charge < -0.3 is 10.1 Å². The highest BCUT2D eigenvalue weighted by Gasteiger charge is 2.25. The van der Waals surface area contributed by atoms with Crippen LogP contribution in [-0.2, 0) is 4.74 Å². The van der Waals surface area contributed by atoms with Gasteiger partial charge in [-0.25, -0.2) is 9.18 Å². The molecule has 0 spiro atoms. The van der Waals surface area contributed by atoms with Gasteiger partial charge in [0.2, 0.25) is 0 Å². The average Bonchev–Trinajstić information content (AvgIpc) is 2.51. The summed E-state index contributed by atoms with van der Waals surface area (Å²) < 4.78 is 18.0. The van der Waals surface area contributed by atoms with E-state index in [0.29, 0.717) is 10.6 Å². The van der Waals surface area contributed by atoms with Crippen LogP contribution in [0.5, 0.6) is 0 Å². The van der Waals surface area contributed by atoms with E-state index >= 15 is 0 Å². The second kappa shape index (κ2) is 3.46. The van der Waals surface area contributed by atoms with Gasteiger partial charge in [0, 0.05) is 10.6 Å². The fraction of sp³-hybridized carbons (Fsp3) is 0.222. The highest BCUT2D eigenvalue weighted by atomic mass is 35.5. The van der Waals surface area contributed by atoms with Gasteiger partial charge in [-0.3, -0.25) is 0 Å². The number of carbonyl (C=O) groups is 1. The van der Waals surface area contributed by atoms with Crippen molar-refractivity contribution in [2.24, 2.45) is 0 Å². The van der Waals surface area contributed by atoms with Crippen molar-refractivity contribution in [1.82, 2.24) is 5.32 Å². The third-order valence-corrected chi connectivity index (χ3v) is 2.25. The van der Waals surface area contributed by atoms with Crippen LogP contribution < -0.4 is 5.32 Å². The first-order valence-electron chi connectivity index (χ1n) is 4.05. The van der Waals surface area contributed by atoms with E-state index in [4.69, 9.17) is 11.6 Å². The van der Waals surface area contributed by atoms with Crippen molar-refractivity contribution < 1.29 is 13.9 Å². The normalized spacial score (nSPS) is 20.4. The van der Waals surface area contributed by atoms with Crippen molar-refractivity contribution in [3.63, 3.8) is 0 Å². The second-order valence-electron chi connectivity index (χ2n) is 2.96. The maximum atomic E-state index is 13.3. The molecule has 0 bridgehead atoms. The summed E-state index contributed by atoms with van der Waals surface area (Å²) in [5.41, 5.74) is 0.389. The van der Waals surface area contributed by atoms with E-state index in [1.807, 2.05) is 0 Å². The highest BCUT2D eigenvalue weighted by Crippen LogP contribution is 2.23. The van der Waals surface area contributed by atoms with Crippen molar-refractivity contribution in [3.8, 4) is 0 Å². The largest absolute Gasteiger partial charge is 0.447 e. The number of nitrogens with one attached hydrogen (secondary N) is 1. The molecule has 5 heteroatoms. The van der Waals surface area contributed by atoms with E-state index in [1.165, 1.54) is 12.1 Å². The van der Waals surface area contributed by atoms with Gasteiger partial charge in [0.15, 0.2) is 0 Å². The zero-order chi connectivity index (χ0) is 10.1. The van der Waals surface area contributed by atoms with Gasteiger partial charge in [0.05, 0.1) is 6.04 Å². The molecule has 0 radical (unpaired) electrons. The van der Waals surface area contributed by atoms with Crippen LogP contribution in [0.25, 0.3) is 0 Å². The fourth-order valence-corrected chi connectivity index (χ4v) is 1.50. The molecular formula is C9H7ClFNO2. The molecule has 1 aromatic rings. The Labute approximate surface area is 84.8 Å². The van der Waals surface area contributed by atoms with E-state index in [0.717, 1.165) is 0 Å². The molecular weight excluding hydrogens is 209 g/mol. The van der Waals surface area contributed by atoms with Gasteiger partial charge in [-0.05, 0) is 12.1 Å². The summed E-state index contributed by atoms with van der Waals surface area (Å²) in [6.45, 7) is 0.150. The predicted molar refractivity (Wildman–Crippen MR) is 48.6 cm³/mol. The molecule has 3 nitrogen and oxygen atoms in total. The summed E-state index contributed by atoms with van der Waals surface area (Å²) in [5, 5.41) is 2.82. The Morgan fingerprint density at radius 3 is 2.93 bits per heavy atom.